The molecule has 114 valence electrons. The molecule has 0 aliphatic heterocycles. The quantitative estimate of drug-likeness (QED) is 0.594. The Balaban J connectivity index is 2.03. The molecule has 0 N–H and O–H groups in total. The van der Waals surface area contributed by atoms with Gasteiger partial charge in [-0.25, -0.2) is 4.98 Å². The average Bonchev–Trinajstić information content (AvgIpc) is 2.74. The summed E-state index contributed by atoms with van der Waals surface area (Å²) in [6.07, 6.45) is 6.38. The summed E-state index contributed by atoms with van der Waals surface area (Å²) in [6, 6.07) is 6.66. The van der Waals surface area contributed by atoms with Gasteiger partial charge in [0.2, 0.25) is 0 Å². The van der Waals surface area contributed by atoms with E-state index in [4.69, 9.17) is 21.3 Å². The van der Waals surface area contributed by atoms with Crippen LogP contribution in [0.25, 0.3) is 11.0 Å². The van der Waals surface area contributed by atoms with Gasteiger partial charge >= 0.3 is 0 Å². The maximum absolute atomic E-state index is 6.15. The number of methoxy groups -OCH3 is 1. The van der Waals surface area contributed by atoms with Gasteiger partial charge in [0, 0.05) is 12.1 Å². The lowest BCUT2D eigenvalue weighted by Gasteiger charge is -2.19. The van der Waals surface area contributed by atoms with E-state index in [1.807, 2.05) is 12.1 Å². The molecule has 1 saturated carbocycles. The first-order valence-corrected chi connectivity index (χ1v) is 8.37. The summed E-state index contributed by atoms with van der Waals surface area (Å²) in [7, 11) is 1.69. The van der Waals surface area contributed by atoms with E-state index >= 15 is 0 Å². The molecule has 4 heteroatoms. The number of aromatic nitrogens is 2. The zero-order valence-electron chi connectivity index (χ0n) is 12.8. The molecule has 3 rings (SSSR count). The molecule has 1 heterocycles. The van der Waals surface area contributed by atoms with Gasteiger partial charge in [-0.05, 0) is 37.3 Å². The number of fused-ring (bicyclic) bond motifs is 1. The highest BCUT2D eigenvalue weighted by Gasteiger charge is 2.22. The SMILES string of the molecule is COc1ccc2c(c1)nc(CCl)n2C1CCCC(C)CC1. The Bertz CT molecular complexity index is 623. The molecule has 0 saturated heterocycles. The molecule has 1 aromatic heterocycles. The summed E-state index contributed by atoms with van der Waals surface area (Å²) in [5.74, 6) is 3.13. The maximum Gasteiger partial charge on any atom is 0.125 e. The third-order valence-corrected chi connectivity index (χ3v) is 4.92. The van der Waals surface area contributed by atoms with Crippen LogP contribution in [0.1, 0.15) is 50.9 Å². The van der Waals surface area contributed by atoms with Gasteiger partial charge in [0.05, 0.1) is 24.0 Å². The van der Waals surface area contributed by atoms with Crippen molar-refractivity contribution in [2.24, 2.45) is 5.92 Å². The second kappa shape index (κ2) is 6.27. The van der Waals surface area contributed by atoms with E-state index in [0.717, 1.165) is 23.0 Å². The fourth-order valence-electron chi connectivity index (χ4n) is 3.48. The first-order valence-electron chi connectivity index (χ1n) is 7.83. The van der Waals surface area contributed by atoms with E-state index in [2.05, 4.69) is 17.6 Å². The van der Waals surface area contributed by atoms with Crippen molar-refractivity contribution in [3.05, 3.63) is 24.0 Å². The predicted molar refractivity (Wildman–Crippen MR) is 87.1 cm³/mol. The molecule has 0 spiro atoms. The van der Waals surface area contributed by atoms with E-state index in [0.29, 0.717) is 11.9 Å². The third-order valence-electron chi connectivity index (χ3n) is 4.68. The number of benzene rings is 1. The fraction of sp³-hybridized carbons (Fsp3) is 0.588. The molecule has 3 nitrogen and oxygen atoms in total. The second-order valence-corrected chi connectivity index (χ2v) is 6.42. The fourth-order valence-corrected chi connectivity index (χ4v) is 3.67. The maximum atomic E-state index is 6.15. The molecule has 1 aliphatic carbocycles. The highest BCUT2D eigenvalue weighted by Crippen LogP contribution is 2.34. The number of imidazole rings is 1. The first-order chi connectivity index (χ1) is 10.2. The molecule has 0 amide bonds. The lowest BCUT2D eigenvalue weighted by molar-refractivity contribution is 0.415. The molecular weight excluding hydrogens is 284 g/mol. The Kier molecular flexibility index (Phi) is 4.39. The van der Waals surface area contributed by atoms with Crippen LogP contribution < -0.4 is 4.74 Å². The largest absolute Gasteiger partial charge is 0.497 e. The predicted octanol–water partition coefficient (Wildman–Crippen LogP) is 4.93. The van der Waals surface area contributed by atoms with Gasteiger partial charge in [-0.3, -0.25) is 0 Å². The van der Waals surface area contributed by atoms with Crippen LogP contribution in [0.15, 0.2) is 18.2 Å². The molecule has 1 aliphatic rings. The van der Waals surface area contributed by atoms with Crippen molar-refractivity contribution in [1.29, 1.82) is 0 Å². The summed E-state index contributed by atoms with van der Waals surface area (Å²) in [5, 5.41) is 0. The van der Waals surface area contributed by atoms with E-state index in [-0.39, 0.29) is 0 Å². The standard InChI is InChI=1S/C17H23ClN2O/c1-12-4-3-5-13(7-6-12)20-16-9-8-14(21-2)10-15(16)19-17(20)11-18/h8-10,12-13H,3-7,11H2,1-2H3. The summed E-state index contributed by atoms with van der Waals surface area (Å²) >= 11 is 6.15. The van der Waals surface area contributed by atoms with Crippen LogP contribution in [0.2, 0.25) is 0 Å². The third kappa shape index (κ3) is 2.89. The Hall–Kier alpha value is -1.22. The van der Waals surface area contributed by atoms with Gasteiger partial charge in [-0.1, -0.05) is 19.8 Å². The van der Waals surface area contributed by atoms with Gasteiger partial charge in [-0.15, -0.1) is 11.6 Å². The zero-order chi connectivity index (χ0) is 14.8. The summed E-state index contributed by atoms with van der Waals surface area (Å²) < 4.78 is 7.68. The summed E-state index contributed by atoms with van der Waals surface area (Å²) in [6.45, 7) is 2.36. The van der Waals surface area contributed by atoms with Crippen LogP contribution >= 0.6 is 11.6 Å². The minimum atomic E-state index is 0.461. The van der Waals surface area contributed by atoms with E-state index in [9.17, 15) is 0 Å². The van der Waals surface area contributed by atoms with E-state index in [1.54, 1.807) is 7.11 Å². The molecule has 2 aromatic rings. The van der Waals surface area contributed by atoms with Crippen LogP contribution in [0, 0.1) is 5.92 Å². The van der Waals surface area contributed by atoms with Crippen molar-refractivity contribution in [1.82, 2.24) is 9.55 Å². The molecule has 1 aromatic carbocycles. The Labute approximate surface area is 131 Å². The molecule has 2 atom stereocenters. The highest BCUT2D eigenvalue weighted by atomic mass is 35.5. The Morgan fingerprint density at radius 3 is 2.90 bits per heavy atom. The van der Waals surface area contributed by atoms with Gasteiger partial charge in [0.1, 0.15) is 11.6 Å². The average molecular weight is 307 g/mol. The monoisotopic (exact) mass is 306 g/mol. The number of nitrogens with zero attached hydrogens (tertiary/aromatic N) is 2. The van der Waals surface area contributed by atoms with Crippen molar-refractivity contribution >= 4 is 22.6 Å². The normalized spacial score (nSPS) is 23.2. The highest BCUT2D eigenvalue weighted by molar-refractivity contribution is 6.16. The number of ether oxygens (including phenoxy) is 1. The van der Waals surface area contributed by atoms with E-state index in [1.165, 1.54) is 37.6 Å². The lowest BCUT2D eigenvalue weighted by Crippen LogP contribution is -2.11. The van der Waals surface area contributed by atoms with Crippen LogP contribution in [0.3, 0.4) is 0 Å². The number of hydrogen-bond donors (Lipinski definition) is 0. The van der Waals surface area contributed by atoms with Crippen LogP contribution in [0.5, 0.6) is 5.75 Å². The minimum Gasteiger partial charge on any atom is -0.497 e. The van der Waals surface area contributed by atoms with Crippen molar-refractivity contribution < 1.29 is 4.74 Å². The van der Waals surface area contributed by atoms with E-state index < -0.39 is 0 Å². The first kappa shape index (κ1) is 14.7. The van der Waals surface area contributed by atoms with Gasteiger partial charge in [-0.2, -0.15) is 0 Å². The van der Waals surface area contributed by atoms with Crippen molar-refractivity contribution in [2.45, 2.75) is 50.9 Å². The van der Waals surface area contributed by atoms with Crippen molar-refractivity contribution in [3.8, 4) is 5.75 Å². The minimum absolute atomic E-state index is 0.461. The number of hydrogen-bond acceptors (Lipinski definition) is 2. The number of halogens is 1. The molecule has 2 unspecified atom stereocenters. The molecule has 0 radical (unpaired) electrons. The Morgan fingerprint density at radius 1 is 1.29 bits per heavy atom. The second-order valence-electron chi connectivity index (χ2n) is 6.15. The molecular formula is C17H23ClN2O. The van der Waals surface area contributed by atoms with Gasteiger partial charge in [0.25, 0.3) is 0 Å². The van der Waals surface area contributed by atoms with Gasteiger partial charge in [0.15, 0.2) is 0 Å². The topological polar surface area (TPSA) is 27.1 Å². The Morgan fingerprint density at radius 2 is 2.14 bits per heavy atom. The van der Waals surface area contributed by atoms with Crippen molar-refractivity contribution in [3.63, 3.8) is 0 Å². The smallest absolute Gasteiger partial charge is 0.125 e. The lowest BCUT2D eigenvalue weighted by atomic mass is 10.0. The number of rotatable bonds is 3. The van der Waals surface area contributed by atoms with Crippen molar-refractivity contribution in [2.75, 3.05) is 7.11 Å². The summed E-state index contributed by atoms with van der Waals surface area (Å²) in [4.78, 5) is 4.72. The van der Waals surface area contributed by atoms with Crippen LogP contribution in [0.4, 0.5) is 0 Å². The van der Waals surface area contributed by atoms with Gasteiger partial charge < -0.3 is 9.30 Å². The van der Waals surface area contributed by atoms with Crippen LogP contribution in [-0.2, 0) is 5.88 Å². The molecule has 0 bridgehead atoms. The van der Waals surface area contributed by atoms with Crippen LogP contribution in [-0.4, -0.2) is 16.7 Å². The summed E-state index contributed by atoms with van der Waals surface area (Å²) in [5.41, 5.74) is 2.17. The number of alkyl halides is 1. The molecule has 1 fully saturated rings. The zero-order valence-corrected chi connectivity index (χ0v) is 13.6. The molecule has 21 heavy (non-hydrogen) atoms.